The first kappa shape index (κ1) is 19.8. The Morgan fingerprint density at radius 3 is 2.39 bits per heavy atom. The zero-order valence-electron chi connectivity index (χ0n) is 14.2. The van der Waals surface area contributed by atoms with Gasteiger partial charge < -0.3 is 15.5 Å². The van der Waals surface area contributed by atoms with Crippen LogP contribution in [0.4, 0.5) is 5.69 Å². The molecule has 0 bridgehead atoms. The molecule has 128 valence electrons. The topological polar surface area (TPSA) is 39.7 Å². The highest BCUT2D eigenvalue weighted by Crippen LogP contribution is 2.17. The van der Waals surface area contributed by atoms with Crippen molar-refractivity contribution >= 4 is 35.6 Å². The molecular weight excluding hydrogens is 399 g/mol. The number of aliphatic imine (C=N–C) groups is 1. The fourth-order valence-corrected chi connectivity index (χ4v) is 2.40. The van der Waals surface area contributed by atoms with Crippen LogP contribution in [0.5, 0.6) is 0 Å². The first-order chi connectivity index (χ1) is 10.8. The van der Waals surface area contributed by atoms with E-state index in [9.17, 15) is 0 Å². The predicted molar refractivity (Wildman–Crippen MR) is 111 cm³/mol. The van der Waals surface area contributed by atoms with Crippen molar-refractivity contribution in [1.82, 2.24) is 10.6 Å². The molecule has 0 fully saturated rings. The van der Waals surface area contributed by atoms with Crippen molar-refractivity contribution in [2.75, 3.05) is 31.1 Å². The zero-order chi connectivity index (χ0) is 15.6. The Balaban J connectivity index is 0.00000264. The molecule has 1 aromatic carbocycles. The Bertz CT molecular complexity index is 488. The molecule has 0 atom stereocenters. The van der Waals surface area contributed by atoms with Crippen LogP contribution < -0.4 is 15.5 Å². The molecule has 0 aromatic heterocycles. The van der Waals surface area contributed by atoms with Gasteiger partial charge in [0.15, 0.2) is 5.96 Å². The molecule has 23 heavy (non-hydrogen) atoms. The van der Waals surface area contributed by atoms with E-state index in [4.69, 9.17) is 0 Å². The summed E-state index contributed by atoms with van der Waals surface area (Å²) in [4.78, 5) is 7.00. The van der Waals surface area contributed by atoms with Gasteiger partial charge in [0.05, 0.1) is 6.54 Å². The third-order valence-electron chi connectivity index (χ3n) is 3.71. The van der Waals surface area contributed by atoms with Crippen LogP contribution in [0.1, 0.15) is 32.3 Å². The molecule has 0 spiro atoms. The lowest BCUT2D eigenvalue weighted by Crippen LogP contribution is -2.37. The predicted octanol–water partition coefficient (Wildman–Crippen LogP) is 3.54. The van der Waals surface area contributed by atoms with E-state index in [2.05, 4.69) is 70.8 Å². The molecule has 1 heterocycles. The minimum absolute atomic E-state index is 0. The van der Waals surface area contributed by atoms with Gasteiger partial charge in [-0.15, -0.1) is 24.0 Å². The molecule has 4 nitrogen and oxygen atoms in total. The van der Waals surface area contributed by atoms with Gasteiger partial charge in [0.25, 0.3) is 0 Å². The average molecular weight is 428 g/mol. The van der Waals surface area contributed by atoms with Gasteiger partial charge in [0, 0.05) is 31.9 Å². The zero-order valence-corrected chi connectivity index (χ0v) is 16.5. The molecule has 0 saturated carbocycles. The van der Waals surface area contributed by atoms with Gasteiger partial charge in [0.1, 0.15) is 0 Å². The number of benzene rings is 1. The van der Waals surface area contributed by atoms with E-state index in [0.29, 0.717) is 6.54 Å². The number of rotatable bonds is 7. The minimum atomic E-state index is 0. The highest BCUT2D eigenvalue weighted by molar-refractivity contribution is 14.0. The number of nitrogens with zero attached hydrogens (tertiary/aromatic N) is 2. The highest BCUT2D eigenvalue weighted by atomic mass is 127. The van der Waals surface area contributed by atoms with Crippen LogP contribution in [0.2, 0.25) is 0 Å². The molecule has 1 aliphatic rings. The Morgan fingerprint density at radius 2 is 1.78 bits per heavy atom. The number of anilines is 1. The second kappa shape index (κ2) is 11.3. The van der Waals surface area contributed by atoms with Gasteiger partial charge in [-0.25, -0.2) is 4.99 Å². The molecule has 2 N–H and O–H groups in total. The number of halogens is 1. The second-order valence-electron chi connectivity index (χ2n) is 5.52. The molecule has 0 amide bonds. The van der Waals surface area contributed by atoms with Crippen molar-refractivity contribution in [2.24, 2.45) is 4.99 Å². The van der Waals surface area contributed by atoms with E-state index in [-0.39, 0.29) is 24.0 Å². The largest absolute Gasteiger partial charge is 0.364 e. The Labute approximate surface area is 157 Å². The number of hydrogen-bond donors (Lipinski definition) is 2. The summed E-state index contributed by atoms with van der Waals surface area (Å²) in [6.45, 7) is 8.90. The molecule has 2 rings (SSSR count). The summed E-state index contributed by atoms with van der Waals surface area (Å²) in [7, 11) is 0. The van der Waals surface area contributed by atoms with Gasteiger partial charge >= 0.3 is 0 Å². The average Bonchev–Trinajstić information content (AvgIpc) is 3.08. The lowest BCUT2D eigenvalue weighted by atomic mass is 10.2. The number of nitrogens with one attached hydrogen (secondary N) is 2. The summed E-state index contributed by atoms with van der Waals surface area (Å²) >= 11 is 0. The molecule has 1 aliphatic heterocycles. The van der Waals surface area contributed by atoms with E-state index < -0.39 is 0 Å². The normalized spacial score (nSPS) is 13.8. The summed E-state index contributed by atoms with van der Waals surface area (Å²) in [5, 5.41) is 6.66. The van der Waals surface area contributed by atoms with Crippen LogP contribution in [-0.4, -0.2) is 32.1 Å². The molecule has 0 saturated heterocycles. The van der Waals surface area contributed by atoms with Gasteiger partial charge in [-0.3, -0.25) is 0 Å². The van der Waals surface area contributed by atoms with Gasteiger partial charge in [-0.1, -0.05) is 37.6 Å². The molecule has 0 unspecified atom stereocenters. The number of unbranched alkanes of at least 4 members (excludes halogenated alkanes) is 1. The fourth-order valence-electron chi connectivity index (χ4n) is 2.40. The quantitative estimate of drug-likeness (QED) is 0.230. The van der Waals surface area contributed by atoms with Crippen LogP contribution in [0.15, 0.2) is 41.4 Å². The summed E-state index contributed by atoms with van der Waals surface area (Å²) in [6.07, 6.45) is 6.79. The standard InChI is InChI=1S/C18H28N4.HI/c1-3-5-12-20-18(19-4-2)21-15-16-8-10-17(11-9-16)22-13-6-7-14-22;/h6-11H,3-5,12-15H2,1-2H3,(H2,19,20,21);1H. The molecule has 0 radical (unpaired) electrons. The van der Waals surface area contributed by atoms with Gasteiger partial charge in [-0.05, 0) is 31.0 Å². The Kier molecular flexibility index (Phi) is 9.75. The van der Waals surface area contributed by atoms with E-state index in [1.807, 2.05) is 0 Å². The molecule has 5 heteroatoms. The first-order valence-corrected chi connectivity index (χ1v) is 8.34. The van der Waals surface area contributed by atoms with Crippen LogP contribution in [0, 0.1) is 0 Å². The maximum Gasteiger partial charge on any atom is 0.191 e. The summed E-state index contributed by atoms with van der Waals surface area (Å²) in [5.41, 5.74) is 2.52. The maximum atomic E-state index is 4.65. The van der Waals surface area contributed by atoms with Crippen LogP contribution in [0.3, 0.4) is 0 Å². The van der Waals surface area contributed by atoms with E-state index >= 15 is 0 Å². The van der Waals surface area contributed by atoms with Crippen molar-refractivity contribution in [3.05, 3.63) is 42.0 Å². The van der Waals surface area contributed by atoms with Crippen LogP contribution in [0.25, 0.3) is 0 Å². The van der Waals surface area contributed by atoms with Crippen molar-refractivity contribution in [1.29, 1.82) is 0 Å². The van der Waals surface area contributed by atoms with Crippen molar-refractivity contribution in [3.63, 3.8) is 0 Å². The van der Waals surface area contributed by atoms with Crippen molar-refractivity contribution in [2.45, 2.75) is 33.2 Å². The van der Waals surface area contributed by atoms with Gasteiger partial charge in [-0.2, -0.15) is 0 Å². The SMILES string of the molecule is CCCCNC(=NCc1ccc(N2CC=CC2)cc1)NCC.I. The molecular formula is C18H29IN4. The lowest BCUT2D eigenvalue weighted by Gasteiger charge is -2.17. The molecule has 1 aromatic rings. The summed E-state index contributed by atoms with van der Waals surface area (Å²) in [5.74, 6) is 0.906. The number of hydrogen-bond acceptors (Lipinski definition) is 2. The summed E-state index contributed by atoms with van der Waals surface area (Å²) in [6, 6.07) is 8.73. The summed E-state index contributed by atoms with van der Waals surface area (Å²) < 4.78 is 0. The monoisotopic (exact) mass is 428 g/mol. The van der Waals surface area contributed by atoms with Gasteiger partial charge in [0.2, 0.25) is 0 Å². The first-order valence-electron chi connectivity index (χ1n) is 8.34. The maximum absolute atomic E-state index is 4.65. The van der Waals surface area contributed by atoms with E-state index in [1.54, 1.807) is 0 Å². The minimum Gasteiger partial charge on any atom is -0.364 e. The van der Waals surface area contributed by atoms with Crippen LogP contribution >= 0.6 is 24.0 Å². The fraction of sp³-hybridized carbons (Fsp3) is 0.500. The third kappa shape index (κ3) is 6.81. The van der Waals surface area contributed by atoms with Crippen LogP contribution in [-0.2, 0) is 6.54 Å². The Hall–Kier alpha value is -1.24. The van der Waals surface area contributed by atoms with E-state index in [0.717, 1.165) is 32.1 Å². The van der Waals surface area contributed by atoms with E-state index in [1.165, 1.54) is 24.1 Å². The Morgan fingerprint density at radius 1 is 1.09 bits per heavy atom. The lowest BCUT2D eigenvalue weighted by molar-refractivity contribution is 0.730. The smallest absolute Gasteiger partial charge is 0.191 e. The second-order valence-corrected chi connectivity index (χ2v) is 5.52. The molecule has 0 aliphatic carbocycles. The third-order valence-corrected chi connectivity index (χ3v) is 3.71. The van der Waals surface area contributed by atoms with Crippen molar-refractivity contribution < 1.29 is 0 Å². The number of guanidine groups is 1. The highest BCUT2D eigenvalue weighted by Gasteiger charge is 2.06. The van der Waals surface area contributed by atoms with Crippen molar-refractivity contribution in [3.8, 4) is 0 Å².